The number of H-pyrrole nitrogens is 1. The van der Waals surface area contributed by atoms with Gasteiger partial charge < -0.3 is 10.3 Å². The number of anilines is 1. The zero-order chi connectivity index (χ0) is 22.1. The average molecular weight is 454 g/mol. The van der Waals surface area contributed by atoms with E-state index in [0.29, 0.717) is 26.9 Å². The smallest absolute Gasteiger partial charge is 0.262 e. The Hall–Kier alpha value is -3.10. The van der Waals surface area contributed by atoms with Crippen LogP contribution in [0.15, 0.2) is 58.6 Å². The van der Waals surface area contributed by atoms with Crippen molar-refractivity contribution in [2.45, 2.75) is 31.2 Å². The molecule has 0 fully saturated rings. The van der Waals surface area contributed by atoms with Gasteiger partial charge in [0.1, 0.15) is 5.39 Å². The number of hydrogen-bond donors (Lipinski definition) is 2. The number of amides is 1. The summed E-state index contributed by atoms with van der Waals surface area (Å²) in [6, 6.07) is 13.0. The van der Waals surface area contributed by atoms with Gasteiger partial charge in [-0.2, -0.15) is 5.10 Å². The monoisotopic (exact) mass is 453 g/mol. The summed E-state index contributed by atoms with van der Waals surface area (Å²) in [6.45, 7) is 5.68. The lowest BCUT2D eigenvalue weighted by Crippen LogP contribution is -2.23. The minimum absolute atomic E-state index is 0.176. The summed E-state index contributed by atoms with van der Waals surface area (Å²) in [7, 11) is 0. The van der Waals surface area contributed by atoms with Crippen LogP contribution in [0.25, 0.3) is 16.7 Å². The first-order valence-corrected chi connectivity index (χ1v) is 10.9. The number of nitrogens with one attached hydrogen (secondary N) is 2. The molecule has 0 aliphatic rings. The van der Waals surface area contributed by atoms with Crippen LogP contribution in [0.2, 0.25) is 5.02 Å². The second-order valence-corrected chi connectivity index (χ2v) is 8.98. The Labute approximate surface area is 187 Å². The summed E-state index contributed by atoms with van der Waals surface area (Å²) in [5.41, 5.74) is 3.59. The summed E-state index contributed by atoms with van der Waals surface area (Å²) in [4.78, 5) is 32.5. The topological polar surface area (TPSA) is 92.7 Å². The number of thioether (sulfide) groups is 1. The van der Waals surface area contributed by atoms with Gasteiger partial charge in [-0.3, -0.25) is 9.59 Å². The third-order valence-electron chi connectivity index (χ3n) is 4.78. The normalized spacial score (nSPS) is 12.1. The van der Waals surface area contributed by atoms with E-state index < -0.39 is 5.25 Å². The minimum atomic E-state index is -0.483. The lowest BCUT2D eigenvalue weighted by atomic mass is 10.1. The number of nitrogens with zero attached hydrogens (tertiary/aromatic N) is 3. The molecule has 7 nitrogen and oxygen atoms in total. The number of aromatic nitrogens is 4. The molecule has 0 aliphatic carbocycles. The van der Waals surface area contributed by atoms with Crippen molar-refractivity contribution < 1.29 is 4.79 Å². The molecule has 0 bridgehead atoms. The first-order chi connectivity index (χ1) is 14.8. The van der Waals surface area contributed by atoms with Crippen molar-refractivity contribution in [3.63, 3.8) is 0 Å². The van der Waals surface area contributed by atoms with E-state index in [9.17, 15) is 9.59 Å². The quantitative estimate of drug-likeness (QED) is 0.343. The number of hydrogen-bond acceptors (Lipinski definition) is 5. The molecule has 0 aliphatic heterocycles. The molecule has 158 valence electrons. The van der Waals surface area contributed by atoms with Crippen molar-refractivity contribution in [2.75, 3.05) is 5.32 Å². The molecular weight excluding hydrogens is 434 g/mol. The van der Waals surface area contributed by atoms with E-state index in [-0.39, 0.29) is 11.5 Å². The largest absolute Gasteiger partial charge is 0.325 e. The molecule has 4 rings (SSSR count). The highest BCUT2D eigenvalue weighted by Gasteiger charge is 2.19. The predicted molar refractivity (Wildman–Crippen MR) is 124 cm³/mol. The number of halogens is 1. The van der Waals surface area contributed by atoms with Crippen molar-refractivity contribution in [1.29, 1.82) is 0 Å². The lowest BCUT2D eigenvalue weighted by molar-refractivity contribution is -0.115. The highest BCUT2D eigenvalue weighted by atomic mass is 35.5. The van der Waals surface area contributed by atoms with Crippen LogP contribution in [0.1, 0.15) is 18.1 Å². The Kier molecular flexibility index (Phi) is 5.84. The van der Waals surface area contributed by atoms with Crippen molar-refractivity contribution in [3.05, 3.63) is 75.2 Å². The van der Waals surface area contributed by atoms with Crippen LogP contribution >= 0.6 is 23.4 Å². The molecule has 2 heterocycles. The van der Waals surface area contributed by atoms with Crippen LogP contribution in [-0.4, -0.2) is 30.9 Å². The van der Waals surface area contributed by atoms with E-state index in [1.165, 1.54) is 18.0 Å². The third kappa shape index (κ3) is 4.50. The molecule has 2 N–H and O–H groups in total. The Morgan fingerprint density at radius 3 is 2.81 bits per heavy atom. The minimum Gasteiger partial charge on any atom is -0.325 e. The maximum Gasteiger partial charge on any atom is 0.262 e. The molecule has 2 aromatic carbocycles. The fraction of sp³-hybridized carbons (Fsp3) is 0.182. The molecule has 2 aromatic heterocycles. The molecule has 0 saturated heterocycles. The molecular formula is C22H20ClN5O2S. The van der Waals surface area contributed by atoms with E-state index in [0.717, 1.165) is 16.8 Å². The molecule has 4 aromatic rings. The molecule has 1 amide bonds. The number of aromatic amines is 1. The molecule has 0 unspecified atom stereocenters. The van der Waals surface area contributed by atoms with Crippen LogP contribution in [0.4, 0.5) is 5.69 Å². The van der Waals surface area contributed by atoms with Gasteiger partial charge in [0.25, 0.3) is 5.56 Å². The van der Waals surface area contributed by atoms with Crippen LogP contribution in [0.5, 0.6) is 0 Å². The van der Waals surface area contributed by atoms with E-state index in [2.05, 4.69) is 20.4 Å². The Balaban J connectivity index is 1.61. The second kappa shape index (κ2) is 8.56. The van der Waals surface area contributed by atoms with Crippen LogP contribution in [-0.2, 0) is 4.79 Å². The van der Waals surface area contributed by atoms with Gasteiger partial charge in [-0.25, -0.2) is 9.67 Å². The third-order valence-corrected chi connectivity index (χ3v) is 6.00. The van der Waals surface area contributed by atoms with Gasteiger partial charge >= 0.3 is 0 Å². The van der Waals surface area contributed by atoms with E-state index in [1.54, 1.807) is 29.8 Å². The Morgan fingerprint density at radius 1 is 1.23 bits per heavy atom. The Morgan fingerprint density at radius 2 is 2.03 bits per heavy atom. The summed E-state index contributed by atoms with van der Waals surface area (Å²) in [6.07, 6.45) is 1.47. The van der Waals surface area contributed by atoms with Gasteiger partial charge in [0.05, 0.1) is 17.1 Å². The SMILES string of the molecule is Cc1ccc(C)c(NC(=O)[C@@H](C)Sc2nc3c(cnn3-c3cccc(Cl)c3)c(=O)[nH]2)c1. The first-order valence-electron chi connectivity index (χ1n) is 9.60. The van der Waals surface area contributed by atoms with Crippen molar-refractivity contribution in [3.8, 4) is 5.69 Å². The van der Waals surface area contributed by atoms with Crippen molar-refractivity contribution >= 4 is 46.0 Å². The average Bonchev–Trinajstić information content (AvgIpc) is 3.15. The summed E-state index contributed by atoms with van der Waals surface area (Å²) in [5.74, 6) is -0.176. The summed E-state index contributed by atoms with van der Waals surface area (Å²) < 4.78 is 1.56. The molecule has 31 heavy (non-hydrogen) atoms. The number of rotatable bonds is 5. The van der Waals surface area contributed by atoms with E-state index in [4.69, 9.17) is 11.6 Å². The van der Waals surface area contributed by atoms with E-state index >= 15 is 0 Å². The number of benzene rings is 2. The fourth-order valence-corrected chi connectivity index (χ4v) is 4.05. The van der Waals surface area contributed by atoms with Crippen LogP contribution in [0.3, 0.4) is 0 Å². The van der Waals surface area contributed by atoms with E-state index in [1.807, 2.05) is 38.1 Å². The number of carbonyl (C=O) groups is 1. The molecule has 0 radical (unpaired) electrons. The van der Waals surface area contributed by atoms with Crippen LogP contribution in [0, 0.1) is 13.8 Å². The lowest BCUT2D eigenvalue weighted by Gasteiger charge is -2.13. The van der Waals surface area contributed by atoms with Gasteiger partial charge in [-0.1, -0.05) is 41.6 Å². The number of aryl methyl sites for hydroxylation is 2. The highest BCUT2D eigenvalue weighted by Crippen LogP contribution is 2.24. The zero-order valence-corrected chi connectivity index (χ0v) is 18.7. The molecule has 1 atom stereocenters. The summed E-state index contributed by atoms with van der Waals surface area (Å²) >= 11 is 7.26. The van der Waals surface area contributed by atoms with Crippen molar-refractivity contribution in [1.82, 2.24) is 19.7 Å². The molecule has 9 heteroatoms. The van der Waals surface area contributed by atoms with Gasteiger partial charge in [0.15, 0.2) is 10.8 Å². The van der Waals surface area contributed by atoms with Gasteiger partial charge in [0.2, 0.25) is 5.91 Å². The summed E-state index contributed by atoms with van der Waals surface area (Å²) in [5, 5.41) is 8.00. The second-order valence-electron chi connectivity index (χ2n) is 7.21. The fourth-order valence-electron chi connectivity index (χ4n) is 3.08. The molecule has 0 spiro atoms. The Bertz CT molecular complexity index is 1350. The predicted octanol–water partition coefficient (Wildman–Crippen LogP) is 4.50. The first kappa shape index (κ1) is 21.1. The highest BCUT2D eigenvalue weighted by molar-refractivity contribution is 8.00. The standard InChI is InChI=1S/C22H20ClN5O2S/c1-12-7-8-13(2)18(9-12)25-20(29)14(3)31-22-26-19-17(21(30)27-22)11-24-28(19)16-6-4-5-15(23)10-16/h4-11,14H,1-3H3,(H,25,29)(H,26,27,30)/t14-/m1/s1. The number of carbonyl (C=O) groups excluding carboxylic acids is 1. The van der Waals surface area contributed by atoms with Crippen molar-refractivity contribution in [2.24, 2.45) is 0 Å². The maximum absolute atomic E-state index is 12.7. The zero-order valence-electron chi connectivity index (χ0n) is 17.1. The number of fused-ring (bicyclic) bond motifs is 1. The maximum atomic E-state index is 12.7. The van der Waals surface area contributed by atoms with Gasteiger partial charge in [-0.05, 0) is 56.2 Å². The van der Waals surface area contributed by atoms with Gasteiger partial charge in [0, 0.05) is 10.7 Å². The van der Waals surface area contributed by atoms with Gasteiger partial charge in [-0.15, -0.1) is 0 Å². The van der Waals surface area contributed by atoms with Crippen LogP contribution < -0.4 is 10.9 Å². The molecule has 0 saturated carbocycles.